The molecule has 0 bridgehead atoms. The zero-order valence-corrected chi connectivity index (χ0v) is 14.9. The fourth-order valence-corrected chi connectivity index (χ4v) is 4.51. The van der Waals surface area contributed by atoms with Crippen LogP contribution in [0.3, 0.4) is 0 Å². The molecule has 128 valence electrons. The fourth-order valence-electron chi connectivity index (χ4n) is 2.70. The standard InChI is InChI=1S/C16H17ClN2O4S/c1-10-3-4-14-12(7-10)15(17)13(16(20)23-14)8-18-19-5-6-24(21,22)9-11(19)2/h3-4,7-8,11H,5-6,9H2,1-2H3. The van der Waals surface area contributed by atoms with E-state index in [2.05, 4.69) is 5.10 Å². The van der Waals surface area contributed by atoms with Gasteiger partial charge in [0.05, 0.1) is 40.9 Å². The number of benzene rings is 1. The lowest BCUT2D eigenvalue weighted by Crippen LogP contribution is -2.43. The van der Waals surface area contributed by atoms with E-state index in [0.717, 1.165) is 5.56 Å². The molecule has 1 aromatic carbocycles. The van der Waals surface area contributed by atoms with Crippen LogP contribution in [0, 0.1) is 6.92 Å². The summed E-state index contributed by atoms with van der Waals surface area (Å²) in [6.07, 6.45) is 1.35. The first-order chi connectivity index (χ1) is 11.3. The van der Waals surface area contributed by atoms with Gasteiger partial charge in [-0.05, 0) is 26.0 Å². The molecule has 1 aliphatic rings. The maximum Gasteiger partial charge on any atom is 0.346 e. The molecule has 24 heavy (non-hydrogen) atoms. The Bertz CT molecular complexity index is 981. The predicted octanol–water partition coefficient (Wildman–Crippen LogP) is 2.21. The number of aryl methyl sites for hydroxylation is 1. The molecule has 0 saturated carbocycles. The van der Waals surface area contributed by atoms with E-state index in [1.165, 1.54) is 6.21 Å². The second kappa shape index (κ2) is 6.22. The number of hydrogen-bond donors (Lipinski definition) is 0. The van der Waals surface area contributed by atoms with Crippen molar-refractivity contribution in [3.8, 4) is 0 Å². The van der Waals surface area contributed by atoms with Crippen molar-refractivity contribution < 1.29 is 12.8 Å². The molecule has 0 aliphatic carbocycles. The summed E-state index contributed by atoms with van der Waals surface area (Å²) >= 11 is 6.35. The molecule has 1 fully saturated rings. The number of rotatable bonds is 2. The van der Waals surface area contributed by atoms with Gasteiger partial charge in [0.25, 0.3) is 0 Å². The van der Waals surface area contributed by atoms with Gasteiger partial charge in [-0.3, -0.25) is 5.01 Å². The highest BCUT2D eigenvalue weighted by Gasteiger charge is 2.27. The number of sulfone groups is 1. The van der Waals surface area contributed by atoms with Crippen molar-refractivity contribution in [3.05, 3.63) is 44.8 Å². The molecule has 8 heteroatoms. The van der Waals surface area contributed by atoms with Crippen LogP contribution in [0.15, 0.2) is 32.5 Å². The summed E-state index contributed by atoms with van der Waals surface area (Å²) in [5, 5.41) is 6.83. The summed E-state index contributed by atoms with van der Waals surface area (Å²) in [7, 11) is -3.02. The topological polar surface area (TPSA) is 80.0 Å². The maximum atomic E-state index is 12.1. The number of hydrogen-bond acceptors (Lipinski definition) is 6. The highest BCUT2D eigenvalue weighted by Crippen LogP contribution is 2.25. The third kappa shape index (κ3) is 3.32. The zero-order valence-electron chi connectivity index (χ0n) is 13.3. The maximum absolute atomic E-state index is 12.1. The Labute approximate surface area is 144 Å². The molecule has 0 amide bonds. The Kier molecular flexibility index (Phi) is 4.40. The molecule has 1 aliphatic heterocycles. The molecule has 3 rings (SSSR count). The summed E-state index contributed by atoms with van der Waals surface area (Å²) < 4.78 is 28.5. The Morgan fingerprint density at radius 1 is 1.42 bits per heavy atom. The van der Waals surface area contributed by atoms with Crippen molar-refractivity contribution >= 4 is 38.6 Å². The summed E-state index contributed by atoms with van der Waals surface area (Å²) in [6.45, 7) is 3.99. The van der Waals surface area contributed by atoms with Gasteiger partial charge in [-0.15, -0.1) is 0 Å². The van der Waals surface area contributed by atoms with Gasteiger partial charge in [-0.25, -0.2) is 13.2 Å². The van der Waals surface area contributed by atoms with Crippen molar-refractivity contribution in [2.45, 2.75) is 19.9 Å². The van der Waals surface area contributed by atoms with Crippen LogP contribution >= 0.6 is 11.6 Å². The number of fused-ring (bicyclic) bond motifs is 1. The van der Waals surface area contributed by atoms with Crippen LogP contribution in [0.5, 0.6) is 0 Å². The lowest BCUT2D eigenvalue weighted by atomic mass is 10.1. The van der Waals surface area contributed by atoms with Gasteiger partial charge in [0.15, 0.2) is 9.84 Å². The molecular weight excluding hydrogens is 352 g/mol. The second-order valence-corrected chi connectivity index (χ2v) is 8.59. The molecule has 1 atom stereocenters. The number of nitrogens with zero attached hydrogens (tertiary/aromatic N) is 2. The average Bonchev–Trinajstić information content (AvgIpc) is 2.49. The van der Waals surface area contributed by atoms with Crippen molar-refractivity contribution in [2.24, 2.45) is 5.10 Å². The lowest BCUT2D eigenvalue weighted by molar-refractivity contribution is 0.239. The van der Waals surface area contributed by atoms with Crippen LogP contribution in [0.1, 0.15) is 18.1 Å². The quantitative estimate of drug-likeness (QED) is 0.599. The Morgan fingerprint density at radius 3 is 2.88 bits per heavy atom. The molecule has 2 heterocycles. The SMILES string of the molecule is Cc1ccc2oc(=O)c(C=NN3CCS(=O)(=O)CC3C)c(Cl)c2c1. The van der Waals surface area contributed by atoms with Gasteiger partial charge >= 0.3 is 5.63 Å². The second-order valence-electron chi connectivity index (χ2n) is 5.99. The summed E-state index contributed by atoms with van der Waals surface area (Å²) in [5.74, 6) is 0.0948. The predicted molar refractivity (Wildman–Crippen MR) is 94.6 cm³/mol. The van der Waals surface area contributed by atoms with Crippen molar-refractivity contribution in [1.29, 1.82) is 0 Å². The molecule has 0 N–H and O–H groups in total. The smallest absolute Gasteiger partial charge is 0.346 e. The highest BCUT2D eigenvalue weighted by molar-refractivity contribution is 7.91. The van der Waals surface area contributed by atoms with Crippen LogP contribution in [0.25, 0.3) is 11.0 Å². The molecule has 0 spiro atoms. The van der Waals surface area contributed by atoms with Crippen LogP contribution in [0.2, 0.25) is 5.02 Å². The van der Waals surface area contributed by atoms with E-state index >= 15 is 0 Å². The molecule has 1 aromatic heterocycles. The van der Waals surface area contributed by atoms with E-state index in [9.17, 15) is 13.2 Å². The van der Waals surface area contributed by atoms with Crippen molar-refractivity contribution in [2.75, 3.05) is 18.1 Å². The third-order valence-corrected chi connectivity index (χ3v) is 6.20. The van der Waals surface area contributed by atoms with Gasteiger partial charge in [0, 0.05) is 5.39 Å². The van der Waals surface area contributed by atoms with Gasteiger partial charge in [0.1, 0.15) is 5.58 Å². The minimum atomic E-state index is -3.02. The highest BCUT2D eigenvalue weighted by atomic mass is 35.5. The lowest BCUT2D eigenvalue weighted by Gasteiger charge is -2.30. The third-order valence-electron chi connectivity index (χ3n) is 4.00. The van der Waals surface area contributed by atoms with E-state index in [4.69, 9.17) is 16.0 Å². The van der Waals surface area contributed by atoms with Crippen LogP contribution < -0.4 is 5.63 Å². The minimum absolute atomic E-state index is 0.0452. The summed E-state index contributed by atoms with van der Waals surface area (Å²) in [5.41, 5.74) is 1.01. The van der Waals surface area contributed by atoms with Gasteiger partial charge in [-0.2, -0.15) is 5.10 Å². The van der Waals surface area contributed by atoms with E-state index in [1.54, 1.807) is 18.0 Å². The molecule has 1 saturated heterocycles. The Hall–Kier alpha value is -1.86. The number of hydrazone groups is 1. The monoisotopic (exact) mass is 368 g/mol. The largest absolute Gasteiger partial charge is 0.422 e. The normalized spacial score (nSPS) is 20.8. The summed E-state index contributed by atoms with van der Waals surface area (Å²) in [6, 6.07) is 5.13. The van der Waals surface area contributed by atoms with E-state index in [-0.39, 0.29) is 34.7 Å². The molecule has 1 unspecified atom stereocenters. The first kappa shape index (κ1) is 17.0. The minimum Gasteiger partial charge on any atom is -0.422 e. The van der Waals surface area contributed by atoms with Crippen LogP contribution in [0.4, 0.5) is 0 Å². The van der Waals surface area contributed by atoms with Crippen molar-refractivity contribution in [3.63, 3.8) is 0 Å². The Morgan fingerprint density at radius 2 is 2.17 bits per heavy atom. The zero-order chi connectivity index (χ0) is 17.5. The number of halogens is 1. The first-order valence-electron chi connectivity index (χ1n) is 7.51. The van der Waals surface area contributed by atoms with Gasteiger partial charge < -0.3 is 4.42 Å². The summed E-state index contributed by atoms with van der Waals surface area (Å²) in [4.78, 5) is 12.1. The van der Waals surface area contributed by atoms with E-state index < -0.39 is 15.5 Å². The molecule has 0 radical (unpaired) electrons. The Balaban J connectivity index is 1.97. The first-order valence-corrected chi connectivity index (χ1v) is 9.71. The van der Waals surface area contributed by atoms with Crippen LogP contribution in [-0.2, 0) is 9.84 Å². The van der Waals surface area contributed by atoms with E-state index in [0.29, 0.717) is 11.0 Å². The molecule has 2 aromatic rings. The van der Waals surface area contributed by atoms with E-state index in [1.807, 2.05) is 19.1 Å². The molecular formula is C16H17ClN2O4S. The van der Waals surface area contributed by atoms with Crippen LogP contribution in [-0.4, -0.2) is 43.7 Å². The average molecular weight is 369 g/mol. The van der Waals surface area contributed by atoms with Crippen molar-refractivity contribution in [1.82, 2.24) is 5.01 Å². The fraction of sp³-hybridized carbons (Fsp3) is 0.375. The van der Waals surface area contributed by atoms with Gasteiger partial charge in [0.2, 0.25) is 0 Å². The molecule has 6 nitrogen and oxygen atoms in total. The van der Waals surface area contributed by atoms with Gasteiger partial charge in [-0.1, -0.05) is 23.2 Å².